The highest BCUT2D eigenvalue weighted by Gasteiger charge is 2.32. The Balaban J connectivity index is 1.59. The summed E-state index contributed by atoms with van der Waals surface area (Å²) < 4.78 is 0. The number of thioether (sulfide) groups is 1. The van der Waals surface area contributed by atoms with Gasteiger partial charge in [-0.15, -0.1) is 0 Å². The van der Waals surface area contributed by atoms with Crippen LogP contribution in [0.3, 0.4) is 0 Å². The van der Waals surface area contributed by atoms with Gasteiger partial charge < -0.3 is 10.6 Å². The molecule has 27 heavy (non-hydrogen) atoms. The average Bonchev–Trinajstić information content (AvgIpc) is 2.97. The van der Waals surface area contributed by atoms with Crippen molar-refractivity contribution in [1.29, 1.82) is 0 Å². The van der Waals surface area contributed by atoms with Crippen LogP contribution < -0.4 is 10.6 Å². The number of carbonyl (C=O) groups excluding carboxylic acids is 2. The number of nitrogens with one attached hydrogen (secondary N) is 2. The van der Waals surface area contributed by atoms with Crippen molar-refractivity contribution in [3.63, 3.8) is 0 Å². The summed E-state index contributed by atoms with van der Waals surface area (Å²) in [5.41, 5.74) is 2.62. The molecule has 5 nitrogen and oxygen atoms in total. The second-order valence-electron chi connectivity index (χ2n) is 6.33. The van der Waals surface area contributed by atoms with E-state index in [2.05, 4.69) is 15.6 Å². The van der Waals surface area contributed by atoms with Crippen molar-refractivity contribution in [2.24, 2.45) is 4.99 Å². The summed E-state index contributed by atoms with van der Waals surface area (Å²) in [6.07, 6.45) is 0.0702. The summed E-state index contributed by atoms with van der Waals surface area (Å²) in [7, 11) is 0. The van der Waals surface area contributed by atoms with Crippen molar-refractivity contribution in [3.05, 3.63) is 64.7 Å². The minimum absolute atomic E-state index is 0.0702. The van der Waals surface area contributed by atoms with Gasteiger partial charge in [0.15, 0.2) is 5.17 Å². The second kappa shape index (κ2) is 8.59. The van der Waals surface area contributed by atoms with Crippen molar-refractivity contribution in [1.82, 2.24) is 5.32 Å². The maximum Gasteiger partial charge on any atom is 0.240 e. The van der Waals surface area contributed by atoms with E-state index in [0.717, 1.165) is 11.1 Å². The number of benzene rings is 2. The maximum atomic E-state index is 12.3. The van der Waals surface area contributed by atoms with Gasteiger partial charge in [0.25, 0.3) is 0 Å². The zero-order valence-electron chi connectivity index (χ0n) is 15.0. The van der Waals surface area contributed by atoms with Gasteiger partial charge in [0.05, 0.1) is 6.04 Å². The van der Waals surface area contributed by atoms with Gasteiger partial charge in [-0.05, 0) is 37.1 Å². The standard InChI is InChI=1S/C20H20ClN3O2S/c1-12-8-9-15(10-16(12)21)23-18(25)11-17-19(26)24-20(27-17)22-13(2)14-6-4-3-5-7-14/h3-10,13,17H,11H2,1-2H3,(H,23,25)(H,22,24,26)/t13-,17+/m1/s1. The highest BCUT2D eigenvalue weighted by Crippen LogP contribution is 2.26. The molecule has 0 spiro atoms. The number of aryl methyl sites for hydroxylation is 1. The molecule has 2 aromatic carbocycles. The van der Waals surface area contributed by atoms with Crippen LogP contribution in [-0.2, 0) is 9.59 Å². The van der Waals surface area contributed by atoms with Crippen LogP contribution in [0.2, 0.25) is 5.02 Å². The smallest absolute Gasteiger partial charge is 0.240 e. The maximum absolute atomic E-state index is 12.3. The fraction of sp³-hybridized carbons (Fsp3) is 0.250. The second-order valence-corrected chi connectivity index (χ2v) is 7.93. The van der Waals surface area contributed by atoms with Crippen LogP contribution in [0.15, 0.2) is 53.5 Å². The molecule has 0 aromatic heterocycles. The molecule has 1 saturated heterocycles. The van der Waals surface area contributed by atoms with Gasteiger partial charge in [0.1, 0.15) is 5.25 Å². The molecule has 0 bridgehead atoms. The minimum atomic E-state index is -0.493. The van der Waals surface area contributed by atoms with E-state index in [4.69, 9.17) is 11.6 Å². The van der Waals surface area contributed by atoms with Crippen LogP contribution in [0.4, 0.5) is 5.69 Å². The van der Waals surface area contributed by atoms with Gasteiger partial charge in [-0.3, -0.25) is 14.6 Å². The van der Waals surface area contributed by atoms with Crippen molar-refractivity contribution in [3.8, 4) is 0 Å². The zero-order chi connectivity index (χ0) is 19.4. The third-order valence-electron chi connectivity index (χ3n) is 4.20. The Bertz CT molecular complexity index is 886. The summed E-state index contributed by atoms with van der Waals surface area (Å²) in [5, 5.41) is 6.19. The van der Waals surface area contributed by atoms with E-state index in [9.17, 15) is 9.59 Å². The molecule has 7 heteroatoms. The first kappa shape index (κ1) is 19.5. The lowest BCUT2D eigenvalue weighted by Crippen LogP contribution is -2.28. The molecule has 2 aromatic rings. The number of amides is 2. The molecule has 140 valence electrons. The first-order valence-electron chi connectivity index (χ1n) is 8.58. The summed E-state index contributed by atoms with van der Waals surface area (Å²) >= 11 is 7.36. The fourth-order valence-electron chi connectivity index (χ4n) is 2.63. The average molecular weight is 402 g/mol. The number of anilines is 1. The highest BCUT2D eigenvalue weighted by atomic mass is 35.5. The van der Waals surface area contributed by atoms with Crippen LogP contribution in [0.5, 0.6) is 0 Å². The number of rotatable bonds is 5. The summed E-state index contributed by atoms with van der Waals surface area (Å²) in [5.74, 6) is -0.434. The van der Waals surface area contributed by atoms with E-state index in [1.54, 1.807) is 12.1 Å². The molecule has 2 amide bonds. The van der Waals surface area contributed by atoms with E-state index >= 15 is 0 Å². The molecule has 1 fully saturated rings. The van der Waals surface area contributed by atoms with Crippen molar-refractivity contribution in [2.75, 3.05) is 5.32 Å². The van der Waals surface area contributed by atoms with E-state index in [-0.39, 0.29) is 24.3 Å². The van der Waals surface area contributed by atoms with Crippen LogP contribution in [0, 0.1) is 6.92 Å². The van der Waals surface area contributed by atoms with E-state index in [1.807, 2.05) is 50.2 Å². The van der Waals surface area contributed by atoms with Gasteiger partial charge in [0, 0.05) is 17.1 Å². The molecule has 1 aliphatic rings. The van der Waals surface area contributed by atoms with Gasteiger partial charge in [-0.2, -0.15) is 0 Å². The SMILES string of the molecule is Cc1ccc(NC(=O)C[C@@H]2SC(=N[C@H](C)c3ccccc3)NC2=O)cc1Cl. The Morgan fingerprint density at radius 3 is 2.74 bits per heavy atom. The zero-order valence-corrected chi connectivity index (χ0v) is 16.6. The van der Waals surface area contributed by atoms with Crippen LogP contribution >= 0.6 is 23.4 Å². The predicted molar refractivity (Wildman–Crippen MR) is 111 cm³/mol. The third kappa shape index (κ3) is 5.11. The number of amidine groups is 1. The van der Waals surface area contributed by atoms with E-state index in [1.165, 1.54) is 11.8 Å². The van der Waals surface area contributed by atoms with Gasteiger partial charge in [0.2, 0.25) is 11.8 Å². The molecule has 2 atom stereocenters. The van der Waals surface area contributed by atoms with Gasteiger partial charge >= 0.3 is 0 Å². The molecule has 3 rings (SSSR count). The van der Waals surface area contributed by atoms with Crippen LogP contribution in [0.1, 0.15) is 30.5 Å². The van der Waals surface area contributed by atoms with Gasteiger partial charge in [-0.25, -0.2) is 0 Å². The number of hydrogen-bond acceptors (Lipinski definition) is 4. The Labute approximate surface area is 167 Å². The molecule has 0 unspecified atom stereocenters. The number of nitrogens with zero attached hydrogens (tertiary/aromatic N) is 1. The normalized spacial score (nSPS) is 19.0. The van der Waals surface area contributed by atoms with E-state index in [0.29, 0.717) is 15.9 Å². The van der Waals surface area contributed by atoms with Crippen molar-refractivity contribution in [2.45, 2.75) is 31.6 Å². The van der Waals surface area contributed by atoms with Crippen molar-refractivity contribution < 1.29 is 9.59 Å². The number of carbonyl (C=O) groups is 2. The summed E-state index contributed by atoms with van der Waals surface area (Å²) in [6.45, 7) is 3.86. The summed E-state index contributed by atoms with van der Waals surface area (Å²) in [4.78, 5) is 29.0. The van der Waals surface area contributed by atoms with Crippen molar-refractivity contribution >= 4 is 46.0 Å². The topological polar surface area (TPSA) is 70.6 Å². The monoisotopic (exact) mass is 401 g/mol. The lowest BCUT2D eigenvalue weighted by Gasteiger charge is -2.09. The van der Waals surface area contributed by atoms with Crippen LogP contribution in [-0.4, -0.2) is 22.2 Å². The molecule has 1 heterocycles. The predicted octanol–water partition coefficient (Wildman–Crippen LogP) is 4.33. The first-order chi connectivity index (χ1) is 12.9. The molecular weight excluding hydrogens is 382 g/mol. The third-order valence-corrected chi connectivity index (χ3v) is 5.70. The molecule has 0 aliphatic carbocycles. The molecule has 0 radical (unpaired) electrons. The Kier molecular flexibility index (Phi) is 6.19. The molecule has 0 saturated carbocycles. The Morgan fingerprint density at radius 2 is 2.04 bits per heavy atom. The molecular formula is C20H20ClN3O2S. The van der Waals surface area contributed by atoms with E-state index < -0.39 is 5.25 Å². The first-order valence-corrected chi connectivity index (χ1v) is 9.84. The minimum Gasteiger partial charge on any atom is -0.326 e. The Morgan fingerprint density at radius 1 is 1.30 bits per heavy atom. The van der Waals surface area contributed by atoms with Crippen LogP contribution in [0.25, 0.3) is 0 Å². The highest BCUT2D eigenvalue weighted by molar-refractivity contribution is 8.15. The number of aliphatic imine (C=N–C) groups is 1. The Hall–Kier alpha value is -2.31. The van der Waals surface area contributed by atoms with Gasteiger partial charge in [-0.1, -0.05) is 59.8 Å². The largest absolute Gasteiger partial charge is 0.326 e. The quantitative estimate of drug-likeness (QED) is 0.783. The fourth-order valence-corrected chi connectivity index (χ4v) is 3.86. The molecule has 1 aliphatic heterocycles. The lowest BCUT2D eigenvalue weighted by molar-refractivity contribution is -0.122. The summed E-state index contributed by atoms with van der Waals surface area (Å²) in [6, 6.07) is 15.1. The molecule has 2 N–H and O–H groups in total. The number of halogens is 1. The number of hydrogen-bond donors (Lipinski definition) is 2. The lowest BCUT2D eigenvalue weighted by atomic mass is 10.1.